The zero-order chi connectivity index (χ0) is 12.8. The highest BCUT2D eigenvalue weighted by atomic mass is 16.4. The molecule has 0 radical (unpaired) electrons. The maximum atomic E-state index is 12.0. The molecule has 0 fully saturated rings. The third kappa shape index (κ3) is 1.69. The van der Waals surface area contributed by atoms with Crippen LogP contribution in [-0.2, 0) is 5.41 Å². The molecule has 0 aliphatic carbocycles. The molecule has 17 heavy (non-hydrogen) atoms. The van der Waals surface area contributed by atoms with Gasteiger partial charge in [0.1, 0.15) is 11.3 Å². The van der Waals surface area contributed by atoms with E-state index < -0.39 is 11.4 Å². The van der Waals surface area contributed by atoms with Crippen molar-refractivity contribution in [3.05, 3.63) is 27.8 Å². The minimum absolute atomic E-state index is 0.0236. The highest BCUT2D eigenvalue weighted by molar-refractivity contribution is 5.93. The van der Waals surface area contributed by atoms with Gasteiger partial charge in [-0.05, 0) is 0 Å². The second-order valence-electron chi connectivity index (χ2n) is 4.76. The van der Waals surface area contributed by atoms with E-state index in [0.29, 0.717) is 0 Å². The Morgan fingerprint density at radius 1 is 1.41 bits per heavy atom. The smallest absolute Gasteiger partial charge is 0.341 e. The first-order valence-electron chi connectivity index (χ1n) is 5.03. The van der Waals surface area contributed by atoms with E-state index in [1.54, 1.807) is 0 Å². The Balaban J connectivity index is 2.80. The number of carboxylic acids is 1. The SMILES string of the molecule is CC(C)(C)c1nnc2c(C(=O)O)c[nH]n2c1=O. The summed E-state index contributed by atoms with van der Waals surface area (Å²) in [4.78, 5) is 22.9. The molecule has 0 amide bonds. The lowest BCUT2D eigenvalue weighted by Crippen LogP contribution is -2.30. The van der Waals surface area contributed by atoms with E-state index in [4.69, 9.17) is 5.11 Å². The minimum Gasteiger partial charge on any atom is -0.477 e. The summed E-state index contributed by atoms with van der Waals surface area (Å²) in [5.41, 5.74) is -0.589. The number of hydrogen-bond acceptors (Lipinski definition) is 4. The first-order valence-corrected chi connectivity index (χ1v) is 5.03. The second-order valence-corrected chi connectivity index (χ2v) is 4.76. The standard InChI is InChI=1S/C10H12N4O3/c1-10(2,3)6-8(15)14-7(13-12-6)5(4-11-14)9(16)17/h4,11H,1-3H3,(H,16,17). The van der Waals surface area contributed by atoms with Gasteiger partial charge in [-0.2, -0.15) is 4.52 Å². The van der Waals surface area contributed by atoms with Crippen LogP contribution in [0.5, 0.6) is 0 Å². The number of carbonyl (C=O) groups is 1. The van der Waals surface area contributed by atoms with Crippen LogP contribution in [0.2, 0.25) is 0 Å². The van der Waals surface area contributed by atoms with Gasteiger partial charge >= 0.3 is 5.97 Å². The van der Waals surface area contributed by atoms with Crippen LogP contribution < -0.4 is 5.56 Å². The number of rotatable bonds is 1. The van der Waals surface area contributed by atoms with Crippen molar-refractivity contribution in [2.75, 3.05) is 0 Å². The molecule has 2 aromatic rings. The Morgan fingerprint density at radius 3 is 2.59 bits per heavy atom. The molecule has 7 heteroatoms. The van der Waals surface area contributed by atoms with Crippen molar-refractivity contribution >= 4 is 11.6 Å². The largest absolute Gasteiger partial charge is 0.477 e. The molecule has 2 rings (SSSR count). The van der Waals surface area contributed by atoms with E-state index in [9.17, 15) is 9.59 Å². The summed E-state index contributed by atoms with van der Waals surface area (Å²) in [7, 11) is 0. The van der Waals surface area contributed by atoms with Gasteiger partial charge in [0, 0.05) is 11.6 Å². The molecule has 0 unspecified atom stereocenters. The normalized spacial score (nSPS) is 11.9. The van der Waals surface area contributed by atoms with Gasteiger partial charge in [0.05, 0.1) is 0 Å². The molecule has 2 heterocycles. The van der Waals surface area contributed by atoms with Crippen LogP contribution in [0.3, 0.4) is 0 Å². The van der Waals surface area contributed by atoms with Crippen LogP contribution in [0.4, 0.5) is 0 Å². The first kappa shape index (κ1) is 11.3. The van der Waals surface area contributed by atoms with Gasteiger partial charge in [-0.25, -0.2) is 4.79 Å². The zero-order valence-corrected chi connectivity index (χ0v) is 9.68. The Morgan fingerprint density at radius 2 is 2.06 bits per heavy atom. The predicted octanol–water partition coefficient (Wildman–Crippen LogP) is 0.413. The van der Waals surface area contributed by atoms with E-state index in [-0.39, 0.29) is 22.5 Å². The van der Waals surface area contributed by atoms with Gasteiger partial charge in [-0.15, -0.1) is 10.2 Å². The highest BCUT2D eigenvalue weighted by Crippen LogP contribution is 2.16. The molecule has 0 spiro atoms. The fourth-order valence-corrected chi connectivity index (χ4v) is 1.50. The van der Waals surface area contributed by atoms with Gasteiger partial charge in [-0.1, -0.05) is 20.8 Å². The van der Waals surface area contributed by atoms with Crippen molar-refractivity contribution in [1.82, 2.24) is 19.8 Å². The third-order valence-corrected chi connectivity index (χ3v) is 2.38. The Labute approximate surface area is 96.1 Å². The summed E-state index contributed by atoms with van der Waals surface area (Å²) < 4.78 is 1.09. The maximum absolute atomic E-state index is 12.0. The van der Waals surface area contributed by atoms with Crippen LogP contribution in [0.1, 0.15) is 36.8 Å². The molecular weight excluding hydrogens is 224 g/mol. The monoisotopic (exact) mass is 236 g/mol. The summed E-state index contributed by atoms with van der Waals surface area (Å²) in [5, 5.41) is 19.1. The van der Waals surface area contributed by atoms with E-state index in [1.807, 2.05) is 20.8 Å². The lowest BCUT2D eigenvalue weighted by molar-refractivity contribution is 0.0698. The second kappa shape index (κ2) is 3.41. The fraction of sp³-hybridized carbons (Fsp3) is 0.400. The van der Waals surface area contributed by atoms with E-state index in [0.717, 1.165) is 4.52 Å². The van der Waals surface area contributed by atoms with Crippen LogP contribution in [0.15, 0.2) is 11.0 Å². The fourth-order valence-electron chi connectivity index (χ4n) is 1.50. The third-order valence-electron chi connectivity index (χ3n) is 2.38. The first-order chi connectivity index (χ1) is 7.82. The Hall–Kier alpha value is -2.18. The highest BCUT2D eigenvalue weighted by Gasteiger charge is 2.23. The molecule has 0 bridgehead atoms. The zero-order valence-electron chi connectivity index (χ0n) is 9.68. The quantitative estimate of drug-likeness (QED) is 0.747. The number of nitrogens with one attached hydrogen (secondary N) is 1. The molecule has 0 saturated heterocycles. The van der Waals surface area contributed by atoms with Gasteiger partial charge in [0.25, 0.3) is 5.56 Å². The average Bonchev–Trinajstić information content (AvgIpc) is 2.60. The number of hydrogen-bond donors (Lipinski definition) is 2. The van der Waals surface area contributed by atoms with Crippen LogP contribution >= 0.6 is 0 Å². The summed E-state index contributed by atoms with van der Waals surface area (Å²) in [5.74, 6) is -1.15. The number of carboxylic acid groups (broad SMARTS) is 1. The molecule has 0 aliphatic rings. The lowest BCUT2D eigenvalue weighted by atomic mass is 9.93. The van der Waals surface area contributed by atoms with Crippen LogP contribution in [-0.4, -0.2) is 30.9 Å². The summed E-state index contributed by atoms with van der Waals surface area (Å²) >= 11 is 0. The molecule has 0 atom stereocenters. The summed E-state index contributed by atoms with van der Waals surface area (Å²) in [6, 6.07) is 0. The summed E-state index contributed by atoms with van der Waals surface area (Å²) in [6.07, 6.45) is 1.22. The summed E-state index contributed by atoms with van der Waals surface area (Å²) in [6.45, 7) is 5.52. The molecule has 90 valence electrons. The number of aromatic carboxylic acids is 1. The van der Waals surface area contributed by atoms with Crippen LogP contribution in [0.25, 0.3) is 5.65 Å². The number of fused-ring (bicyclic) bond motifs is 1. The minimum atomic E-state index is -1.15. The van der Waals surface area contributed by atoms with Crippen molar-refractivity contribution in [3.63, 3.8) is 0 Å². The van der Waals surface area contributed by atoms with Crippen LogP contribution in [0, 0.1) is 0 Å². The Kier molecular flexibility index (Phi) is 2.27. The Bertz CT molecular complexity index is 648. The van der Waals surface area contributed by atoms with Crippen molar-refractivity contribution in [3.8, 4) is 0 Å². The molecule has 7 nitrogen and oxygen atoms in total. The van der Waals surface area contributed by atoms with E-state index in [2.05, 4.69) is 15.3 Å². The average molecular weight is 236 g/mol. The van der Waals surface area contributed by atoms with Crippen molar-refractivity contribution in [2.24, 2.45) is 0 Å². The molecule has 2 N–H and O–H groups in total. The van der Waals surface area contributed by atoms with Crippen molar-refractivity contribution in [1.29, 1.82) is 0 Å². The number of aromatic amines is 1. The van der Waals surface area contributed by atoms with Gasteiger partial charge < -0.3 is 5.11 Å². The van der Waals surface area contributed by atoms with Crippen molar-refractivity contribution < 1.29 is 9.90 Å². The molecule has 0 aliphatic heterocycles. The topological polar surface area (TPSA) is 100 Å². The molecule has 0 aromatic carbocycles. The number of H-pyrrole nitrogens is 1. The molecular formula is C10H12N4O3. The maximum Gasteiger partial charge on any atom is 0.341 e. The predicted molar refractivity (Wildman–Crippen MR) is 59.3 cm³/mol. The van der Waals surface area contributed by atoms with Crippen molar-refractivity contribution in [2.45, 2.75) is 26.2 Å². The van der Waals surface area contributed by atoms with Gasteiger partial charge in [0.2, 0.25) is 0 Å². The van der Waals surface area contributed by atoms with Gasteiger partial charge in [0.15, 0.2) is 5.65 Å². The molecule has 0 saturated carbocycles. The van der Waals surface area contributed by atoms with E-state index >= 15 is 0 Å². The lowest BCUT2D eigenvalue weighted by Gasteiger charge is -2.15. The number of nitrogens with zero attached hydrogens (tertiary/aromatic N) is 3. The molecule has 2 aromatic heterocycles. The van der Waals surface area contributed by atoms with Gasteiger partial charge in [-0.3, -0.25) is 9.89 Å². The number of aromatic nitrogens is 4. The van der Waals surface area contributed by atoms with E-state index in [1.165, 1.54) is 6.20 Å².